The molecule has 0 aliphatic carbocycles. The van der Waals surface area contributed by atoms with E-state index in [2.05, 4.69) is 43.8 Å². The SMILES string of the molecule is Cc1ccccc1OCC(=O)Nc1ccc(Br)cc1I. The molecule has 20 heavy (non-hydrogen) atoms. The summed E-state index contributed by atoms with van der Waals surface area (Å²) in [6.07, 6.45) is 0. The van der Waals surface area contributed by atoms with Crippen LogP contribution in [0.4, 0.5) is 5.69 Å². The predicted octanol–water partition coefficient (Wildman–Crippen LogP) is 4.38. The number of rotatable bonds is 4. The fourth-order valence-corrected chi connectivity index (χ4v) is 3.08. The standard InChI is InChI=1S/C15H13BrINO2/c1-10-4-2-3-5-14(10)20-9-15(19)18-13-7-6-11(16)8-12(13)17/h2-8H,9H2,1H3,(H,18,19). The van der Waals surface area contributed by atoms with Crippen LogP contribution >= 0.6 is 38.5 Å². The lowest BCUT2D eigenvalue weighted by atomic mass is 10.2. The van der Waals surface area contributed by atoms with E-state index in [0.717, 1.165) is 25.0 Å². The number of ether oxygens (including phenoxy) is 1. The van der Waals surface area contributed by atoms with Gasteiger partial charge in [0.1, 0.15) is 5.75 Å². The molecule has 0 atom stereocenters. The summed E-state index contributed by atoms with van der Waals surface area (Å²) in [4.78, 5) is 11.9. The van der Waals surface area contributed by atoms with Gasteiger partial charge in [-0.05, 0) is 59.3 Å². The van der Waals surface area contributed by atoms with Crippen LogP contribution in [0.5, 0.6) is 5.75 Å². The highest BCUT2D eigenvalue weighted by atomic mass is 127. The first-order chi connectivity index (χ1) is 9.56. The molecular formula is C15H13BrINO2. The molecule has 3 nitrogen and oxygen atoms in total. The van der Waals surface area contributed by atoms with Gasteiger partial charge in [-0.1, -0.05) is 34.1 Å². The Bertz CT molecular complexity index is 631. The molecule has 104 valence electrons. The molecule has 2 rings (SSSR count). The topological polar surface area (TPSA) is 38.3 Å². The van der Waals surface area contributed by atoms with Crippen molar-refractivity contribution in [1.82, 2.24) is 0 Å². The second kappa shape index (κ2) is 7.08. The number of halogens is 2. The van der Waals surface area contributed by atoms with Gasteiger partial charge >= 0.3 is 0 Å². The molecule has 2 aromatic rings. The van der Waals surface area contributed by atoms with Gasteiger partial charge < -0.3 is 10.1 Å². The Labute approximate surface area is 140 Å². The van der Waals surface area contributed by atoms with Gasteiger partial charge in [-0.2, -0.15) is 0 Å². The Morgan fingerprint density at radius 1 is 1.30 bits per heavy atom. The molecule has 0 bridgehead atoms. The van der Waals surface area contributed by atoms with Gasteiger partial charge in [-0.25, -0.2) is 0 Å². The quantitative estimate of drug-likeness (QED) is 0.709. The van der Waals surface area contributed by atoms with Crippen LogP contribution in [0.25, 0.3) is 0 Å². The zero-order chi connectivity index (χ0) is 14.5. The van der Waals surface area contributed by atoms with Crippen molar-refractivity contribution in [3.8, 4) is 5.75 Å². The molecule has 0 aliphatic rings. The predicted molar refractivity (Wildman–Crippen MR) is 92.2 cm³/mol. The van der Waals surface area contributed by atoms with Crippen LogP contribution in [0.2, 0.25) is 0 Å². The molecule has 0 aliphatic heterocycles. The zero-order valence-electron chi connectivity index (χ0n) is 10.8. The molecule has 0 fully saturated rings. The summed E-state index contributed by atoms with van der Waals surface area (Å²) < 4.78 is 7.47. The average Bonchev–Trinajstić information content (AvgIpc) is 2.41. The monoisotopic (exact) mass is 445 g/mol. The number of para-hydroxylation sites is 1. The van der Waals surface area contributed by atoms with Crippen molar-refractivity contribution in [3.63, 3.8) is 0 Å². The average molecular weight is 446 g/mol. The van der Waals surface area contributed by atoms with E-state index >= 15 is 0 Å². The summed E-state index contributed by atoms with van der Waals surface area (Å²) >= 11 is 5.57. The Hall–Kier alpha value is -1.08. The second-order valence-electron chi connectivity index (χ2n) is 4.23. The Balaban J connectivity index is 1.94. The number of hydrogen-bond acceptors (Lipinski definition) is 2. The molecule has 0 radical (unpaired) electrons. The summed E-state index contributed by atoms with van der Waals surface area (Å²) in [7, 11) is 0. The van der Waals surface area contributed by atoms with Crippen molar-refractivity contribution in [2.45, 2.75) is 6.92 Å². The number of anilines is 1. The molecule has 0 spiro atoms. The van der Waals surface area contributed by atoms with E-state index in [4.69, 9.17) is 4.74 Å². The number of benzene rings is 2. The first-order valence-corrected chi connectivity index (χ1v) is 7.87. The lowest BCUT2D eigenvalue weighted by molar-refractivity contribution is -0.118. The van der Waals surface area contributed by atoms with Crippen LogP contribution in [-0.4, -0.2) is 12.5 Å². The lowest BCUT2D eigenvalue weighted by Gasteiger charge is -2.10. The highest BCUT2D eigenvalue weighted by Crippen LogP contribution is 2.22. The largest absolute Gasteiger partial charge is 0.483 e. The van der Waals surface area contributed by atoms with Crippen molar-refractivity contribution >= 4 is 50.1 Å². The maximum absolute atomic E-state index is 11.9. The van der Waals surface area contributed by atoms with Crippen LogP contribution in [0, 0.1) is 10.5 Å². The summed E-state index contributed by atoms with van der Waals surface area (Å²) in [5.74, 6) is 0.557. The zero-order valence-corrected chi connectivity index (χ0v) is 14.6. The van der Waals surface area contributed by atoms with Gasteiger partial charge in [0.2, 0.25) is 0 Å². The fourth-order valence-electron chi connectivity index (χ4n) is 1.64. The van der Waals surface area contributed by atoms with Gasteiger partial charge in [0.25, 0.3) is 5.91 Å². The minimum atomic E-state index is -0.173. The van der Waals surface area contributed by atoms with Crippen LogP contribution in [-0.2, 0) is 4.79 Å². The molecule has 2 aromatic carbocycles. The molecule has 0 saturated heterocycles. The highest BCUT2D eigenvalue weighted by Gasteiger charge is 2.07. The summed E-state index contributed by atoms with van der Waals surface area (Å²) in [5.41, 5.74) is 1.80. The first-order valence-electron chi connectivity index (χ1n) is 5.99. The van der Waals surface area contributed by atoms with E-state index < -0.39 is 0 Å². The number of nitrogens with one attached hydrogen (secondary N) is 1. The minimum Gasteiger partial charge on any atom is -0.483 e. The maximum Gasteiger partial charge on any atom is 0.262 e. The summed E-state index contributed by atoms with van der Waals surface area (Å²) in [6, 6.07) is 13.3. The van der Waals surface area contributed by atoms with E-state index in [1.807, 2.05) is 49.4 Å². The van der Waals surface area contributed by atoms with Crippen LogP contribution in [0.3, 0.4) is 0 Å². The molecule has 1 amide bonds. The lowest BCUT2D eigenvalue weighted by Crippen LogP contribution is -2.20. The first kappa shape index (κ1) is 15.3. The van der Waals surface area contributed by atoms with Crippen molar-refractivity contribution in [2.75, 3.05) is 11.9 Å². The van der Waals surface area contributed by atoms with Gasteiger partial charge in [0.15, 0.2) is 6.61 Å². The number of hydrogen-bond donors (Lipinski definition) is 1. The van der Waals surface area contributed by atoms with Gasteiger partial charge in [0, 0.05) is 8.04 Å². The van der Waals surface area contributed by atoms with Crippen LogP contribution < -0.4 is 10.1 Å². The highest BCUT2D eigenvalue weighted by molar-refractivity contribution is 14.1. The van der Waals surface area contributed by atoms with E-state index in [1.165, 1.54) is 0 Å². The summed E-state index contributed by atoms with van der Waals surface area (Å²) in [6.45, 7) is 1.95. The van der Waals surface area contributed by atoms with E-state index in [-0.39, 0.29) is 12.5 Å². The van der Waals surface area contributed by atoms with E-state index in [0.29, 0.717) is 0 Å². The molecular weight excluding hydrogens is 433 g/mol. The van der Waals surface area contributed by atoms with Crippen molar-refractivity contribution < 1.29 is 9.53 Å². The molecule has 0 heterocycles. The molecule has 0 unspecified atom stereocenters. The smallest absolute Gasteiger partial charge is 0.262 e. The summed E-state index contributed by atoms with van der Waals surface area (Å²) in [5, 5.41) is 2.83. The van der Waals surface area contributed by atoms with Gasteiger partial charge in [-0.15, -0.1) is 0 Å². The maximum atomic E-state index is 11.9. The Kier molecular flexibility index (Phi) is 5.42. The third kappa shape index (κ3) is 4.21. The van der Waals surface area contributed by atoms with E-state index in [1.54, 1.807) is 0 Å². The fraction of sp³-hybridized carbons (Fsp3) is 0.133. The third-order valence-corrected chi connectivity index (χ3v) is 4.04. The second-order valence-corrected chi connectivity index (χ2v) is 6.30. The minimum absolute atomic E-state index is 0.00298. The van der Waals surface area contributed by atoms with Gasteiger partial charge in [-0.3, -0.25) is 4.79 Å². The molecule has 5 heteroatoms. The number of amides is 1. The molecule has 0 aromatic heterocycles. The molecule has 1 N–H and O–H groups in total. The number of aryl methyl sites for hydroxylation is 1. The normalized spacial score (nSPS) is 10.2. The van der Waals surface area contributed by atoms with Crippen LogP contribution in [0.1, 0.15) is 5.56 Å². The van der Waals surface area contributed by atoms with Crippen molar-refractivity contribution in [2.24, 2.45) is 0 Å². The number of carbonyl (C=O) groups excluding carboxylic acids is 1. The van der Waals surface area contributed by atoms with Crippen molar-refractivity contribution in [3.05, 3.63) is 56.1 Å². The third-order valence-electron chi connectivity index (χ3n) is 2.66. The Morgan fingerprint density at radius 2 is 2.05 bits per heavy atom. The molecule has 0 saturated carbocycles. The van der Waals surface area contributed by atoms with Gasteiger partial charge in [0.05, 0.1) is 5.69 Å². The number of carbonyl (C=O) groups is 1. The van der Waals surface area contributed by atoms with E-state index in [9.17, 15) is 4.79 Å². The van der Waals surface area contributed by atoms with Crippen molar-refractivity contribution in [1.29, 1.82) is 0 Å². The Morgan fingerprint density at radius 3 is 2.75 bits per heavy atom. The van der Waals surface area contributed by atoms with Crippen LogP contribution in [0.15, 0.2) is 46.9 Å².